The van der Waals surface area contributed by atoms with E-state index in [1.165, 1.54) is 4.90 Å². The van der Waals surface area contributed by atoms with Crippen LogP contribution in [0.1, 0.15) is 49.9 Å². The van der Waals surface area contributed by atoms with Gasteiger partial charge < -0.3 is 9.84 Å². The van der Waals surface area contributed by atoms with E-state index in [9.17, 15) is 19.5 Å². The molecule has 2 aromatic rings. The highest BCUT2D eigenvalue weighted by Crippen LogP contribution is 2.41. The number of ketones is 1. The van der Waals surface area contributed by atoms with Gasteiger partial charge in [-0.2, -0.15) is 0 Å². The van der Waals surface area contributed by atoms with E-state index in [0.717, 1.165) is 16.7 Å². The standard InChI is InChI=1S/C25H27NO5/c1-5-20(27)22-23(18-8-6-7-16(4)13-18)26(25(30)24(22)29)19-11-9-17(10-12-19)14-21(28)31-15(2)3/h6-13,15,23,29H,5,14H2,1-4H3. The molecule has 0 aromatic heterocycles. The third-order valence-electron chi connectivity index (χ3n) is 5.12. The normalized spacial score (nSPS) is 16.2. The molecule has 0 spiro atoms. The number of hydrogen-bond donors (Lipinski definition) is 1. The summed E-state index contributed by atoms with van der Waals surface area (Å²) in [6.45, 7) is 7.22. The zero-order valence-electron chi connectivity index (χ0n) is 18.2. The van der Waals surface area contributed by atoms with Gasteiger partial charge in [0.25, 0.3) is 5.91 Å². The summed E-state index contributed by atoms with van der Waals surface area (Å²) in [4.78, 5) is 39.0. The topological polar surface area (TPSA) is 83.9 Å². The highest BCUT2D eigenvalue weighted by molar-refractivity contribution is 6.16. The van der Waals surface area contributed by atoms with E-state index < -0.39 is 17.7 Å². The fraction of sp³-hybridized carbons (Fsp3) is 0.320. The van der Waals surface area contributed by atoms with Crippen LogP contribution in [0.3, 0.4) is 0 Å². The Kier molecular flexibility index (Phi) is 6.59. The van der Waals surface area contributed by atoms with Gasteiger partial charge in [-0.3, -0.25) is 19.3 Å². The predicted molar refractivity (Wildman–Crippen MR) is 118 cm³/mol. The molecule has 0 saturated carbocycles. The van der Waals surface area contributed by atoms with Gasteiger partial charge in [0.05, 0.1) is 24.1 Å². The molecule has 31 heavy (non-hydrogen) atoms. The number of benzene rings is 2. The van der Waals surface area contributed by atoms with Crippen molar-refractivity contribution < 1.29 is 24.2 Å². The Balaban J connectivity index is 1.98. The quantitative estimate of drug-likeness (QED) is 0.671. The molecule has 1 N–H and O–H groups in total. The van der Waals surface area contributed by atoms with Gasteiger partial charge in [0.1, 0.15) is 0 Å². The van der Waals surface area contributed by atoms with Crippen LogP contribution in [0.25, 0.3) is 0 Å². The number of amides is 1. The third-order valence-corrected chi connectivity index (χ3v) is 5.12. The lowest BCUT2D eigenvalue weighted by atomic mass is 9.94. The second-order valence-corrected chi connectivity index (χ2v) is 7.91. The Hall–Kier alpha value is -3.41. The molecule has 1 atom stereocenters. The molecule has 162 valence electrons. The van der Waals surface area contributed by atoms with E-state index in [1.807, 2.05) is 31.2 Å². The molecule has 0 bridgehead atoms. The van der Waals surface area contributed by atoms with Crippen LogP contribution in [0.5, 0.6) is 0 Å². The van der Waals surface area contributed by atoms with Crippen molar-refractivity contribution in [1.82, 2.24) is 0 Å². The number of aryl methyl sites for hydroxylation is 1. The van der Waals surface area contributed by atoms with Gasteiger partial charge in [-0.25, -0.2) is 0 Å². The number of carbonyl (C=O) groups excluding carboxylic acids is 3. The molecular formula is C25H27NO5. The van der Waals surface area contributed by atoms with E-state index in [0.29, 0.717) is 5.69 Å². The van der Waals surface area contributed by atoms with Crippen molar-refractivity contribution in [2.45, 2.75) is 52.7 Å². The van der Waals surface area contributed by atoms with Crippen molar-refractivity contribution in [3.63, 3.8) is 0 Å². The van der Waals surface area contributed by atoms with Crippen molar-refractivity contribution in [3.05, 3.63) is 76.6 Å². The first-order chi connectivity index (χ1) is 14.7. The van der Waals surface area contributed by atoms with E-state index in [-0.39, 0.29) is 36.3 Å². The Bertz CT molecular complexity index is 1040. The number of ether oxygens (including phenoxy) is 1. The molecule has 6 nitrogen and oxygen atoms in total. The van der Waals surface area contributed by atoms with Crippen LogP contribution < -0.4 is 4.90 Å². The Morgan fingerprint density at radius 2 is 1.81 bits per heavy atom. The maximum Gasteiger partial charge on any atom is 0.310 e. The van der Waals surface area contributed by atoms with Gasteiger partial charge in [0, 0.05) is 12.1 Å². The van der Waals surface area contributed by atoms with Gasteiger partial charge in [-0.05, 0) is 44.0 Å². The molecule has 1 amide bonds. The lowest BCUT2D eigenvalue weighted by Gasteiger charge is -2.27. The molecule has 1 aliphatic heterocycles. The van der Waals surface area contributed by atoms with Gasteiger partial charge in [-0.15, -0.1) is 0 Å². The number of aliphatic hydroxyl groups excluding tert-OH is 1. The van der Waals surface area contributed by atoms with Gasteiger partial charge in [0.15, 0.2) is 11.5 Å². The highest BCUT2D eigenvalue weighted by atomic mass is 16.5. The fourth-order valence-electron chi connectivity index (χ4n) is 3.75. The molecule has 0 radical (unpaired) electrons. The summed E-state index contributed by atoms with van der Waals surface area (Å²) in [7, 11) is 0. The van der Waals surface area contributed by atoms with E-state index in [4.69, 9.17) is 4.74 Å². The minimum atomic E-state index is -0.711. The summed E-state index contributed by atoms with van der Waals surface area (Å²) in [6.07, 6.45) is 0.115. The van der Waals surface area contributed by atoms with E-state index >= 15 is 0 Å². The molecular weight excluding hydrogens is 394 g/mol. The molecule has 2 aromatic carbocycles. The number of esters is 1. The average molecular weight is 421 g/mol. The van der Waals surface area contributed by atoms with Gasteiger partial charge in [0.2, 0.25) is 0 Å². The zero-order chi connectivity index (χ0) is 22.7. The van der Waals surface area contributed by atoms with Crippen LogP contribution in [0.4, 0.5) is 5.69 Å². The maximum atomic E-state index is 13.0. The Morgan fingerprint density at radius 3 is 2.39 bits per heavy atom. The summed E-state index contributed by atoms with van der Waals surface area (Å²) in [6, 6.07) is 13.7. The van der Waals surface area contributed by atoms with Crippen LogP contribution in [0.15, 0.2) is 59.9 Å². The molecule has 1 aliphatic rings. The SMILES string of the molecule is CCC(=O)C1=C(O)C(=O)N(c2ccc(CC(=O)OC(C)C)cc2)C1c1cccc(C)c1. The smallest absolute Gasteiger partial charge is 0.310 e. The second kappa shape index (κ2) is 9.16. The van der Waals surface area contributed by atoms with E-state index in [2.05, 4.69) is 0 Å². The van der Waals surface area contributed by atoms with E-state index in [1.54, 1.807) is 45.0 Å². The van der Waals surface area contributed by atoms with Crippen molar-refractivity contribution in [3.8, 4) is 0 Å². The van der Waals surface area contributed by atoms with Crippen LogP contribution in [-0.4, -0.2) is 28.9 Å². The summed E-state index contributed by atoms with van der Waals surface area (Å²) in [5.74, 6) is -1.72. The van der Waals surface area contributed by atoms with Crippen molar-refractivity contribution in [2.24, 2.45) is 0 Å². The lowest BCUT2D eigenvalue weighted by molar-refractivity contribution is -0.146. The molecule has 0 saturated heterocycles. The number of nitrogens with zero attached hydrogens (tertiary/aromatic N) is 1. The number of Topliss-reactive ketones (excluding diaryl/α,β-unsaturated/α-hetero) is 1. The first-order valence-corrected chi connectivity index (χ1v) is 10.4. The Labute approximate surface area is 182 Å². The number of hydrogen-bond acceptors (Lipinski definition) is 5. The first kappa shape index (κ1) is 22.3. The summed E-state index contributed by atoms with van der Waals surface area (Å²) < 4.78 is 5.17. The summed E-state index contributed by atoms with van der Waals surface area (Å²) in [5.41, 5.74) is 3.12. The highest BCUT2D eigenvalue weighted by Gasteiger charge is 2.43. The lowest BCUT2D eigenvalue weighted by Crippen LogP contribution is -2.31. The number of carbonyl (C=O) groups is 3. The largest absolute Gasteiger partial charge is 0.503 e. The Morgan fingerprint density at radius 1 is 1.13 bits per heavy atom. The van der Waals surface area contributed by atoms with Crippen LogP contribution in [0.2, 0.25) is 0 Å². The molecule has 6 heteroatoms. The molecule has 1 unspecified atom stereocenters. The number of anilines is 1. The summed E-state index contributed by atoms with van der Waals surface area (Å²) in [5, 5.41) is 10.6. The van der Waals surface area contributed by atoms with Gasteiger partial charge >= 0.3 is 5.97 Å². The number of aliphatic hydroxyl groups is 1. The average Bonchev–Trinajstić information content (AvgIpc) is 2.98. The minimum absolute atomic E-state index is 0.114. The van der Waals surface area contributed by atoms with Crippen molar-refractivity contribution >= 4 is 23.3 Å². The van der Waals surface area contributed by atoms with Crippen LogP contribution in [0, 0.1) is 6.92 Å². The van der Waals surface area contributed by atoms with Crippen LogP contribution >= 0.6 is 0 Å². The molecule has 3 rings (SSSR count). The molecule has 0 aliphatic carbocycles. The molecule has 0 fully saturated rings. The minimum Gasteiger partial charge on any atom is -0.503 e. The second-order valence-electron chi connectivity index (χ2n) is 7.91. The first-order valence-electron chi connectivity index (χ1n) is 10.4. The summed E-state index contributed by atoms with van der Waals surface area (Å²) >= 11 is 0. The van der Waals surface area contributed by atoms with Crippen molar-refractivity contribution in [1.29, 1.82) is 0 Å². The monoisotopic (exact) mass is 421 g/mol. The third kappa shape index (κ3) is 4.68. The maximum absolute atomic E-state index is 13.0. The zero-order valence-corrected chi connectivity index (χ0v) is 18.2. The number of rotatable bonds is 7. The van der Waals surface area contributed by atoms with Crippen LogP contribution in [-0.2, 0) is 25.5 Å². The predicted octanol–water partition coefficient (Wildman–Crippen LogP) is 4.37. The van der Waals surface area contributed by atoms with Gasteiger partial charge in [-0.1, -0.05) is 48.9 Å². The van der Waals surface area contributed by atoms with Crippen molar-refractivity contribution in [2.75, 3.05) is 4.90 Å². The molecule has 1 heterocycles. The fourth-order valence-corrected chi connectivity index (χ4v) is 3.75.